The summed E-state index contributed by atoms with van der Waals surface area (Å²) in [4.78, 5) is 44.1. The fourth-order valence-electron chi connectivity index (χ4n) is 5.79. The van der Waals surface area contributed by atoms with E-state index in [0.29, 0.717) is 25.7 Å². The van der Waals surface area contributed by atoms with E-state index >= 15 is 0 Å². The lowest BCUT2D eigenvalue weighted by Crippen LogP contribution is -2.47. The van der Waals surface area contributed by atoms with Crippen molar-refractivity contribution in [2.45, 2.75) is 123 Å². The number of fused-ring (bicyclic) bond motifs is 1. The summed E-state index contributed by atoms with van der Waals surface area (Å²) < 4.78 is 35.5. The molecular weight excluding hydrogens is 563 g/mol. The summed E-state index contributed by atoms with van der Waals surface area (Å²) in [5, 5.41) is 0.0476. The highest BCUT2D eigenvalue weighted by atomic mass is 31.2. The number of carbonyl (C=O) groups excluding carboxylic acids is 2. The van der Waals surface area contributed by atoms with Crippen LogP contribution in [0.2, 0.25) is 18.1 Å². The van der Waals surface area contributed by atoms with Crippen LogP contribution in [0.3, 0.4) is 0 Å². The molecular formula is C30H51O9PSi. The van der Waals surface area contributed by atoms with E-state index in [1.807, 2.05) is 26.0 Å². The van der Waals surface area contributed by atoms with Crippen LogP contribution < -0.4 is 0 Å². The van der Waals surface area contributed by atoms with Crippen LogP contribution in [0.4, 0.5) is 0 Å². The summed E-state index contributed by atoms with van der Waals surface area (Å²) in [5.41, 5.74) is 0.955. The zero-order chi connectivity index (χ0) is 30.8. The van der Waals surface area contributed by atoms with Gasteiger partial charge in [-0.15, -0.1) is 0 Å². The molecule has 3 aliphatic rings. The molecule has 2 N–H and O–H groups in total. The molecule has 0 bridgehead atoms. The first-order chi connectivity index (χ1) is 18.9. The molecule has 1 saturated heterocycles. The number of allylic oxidation sites excluding steroid dienone is 2. The maximum Gasteiger partial charge on any atom is 0.351 e. The second-order valence-corrected chi connectivity index (χ2v) is 20.1. The van der Waals surface area contributed by atoms with E-state index in [2.05, 4.69) is 46.9 Å². The average Bonchev–Trinajstić information content (AvgIpc) is 2.84. The molecule has 234 valence electrons. The van der Waals surface area contributed by atoms with E-state index in [0.717, 1.165) is 12.0 Å². The third kappa shape index (κ3) is 9.34. The van der Waals surface area contributed by atoms with Gasteiger partial charge in [0.25, 0.3) is 0 Å². The van der Waals surface area contributed by atoms with Crippen molar-refractivity contribution in [1.82, 2.24) is 0 Å². The van der Waals surface area contributed by atoms with Crippen molar-refractivity contribution in [2.75, 3.05) is 6.35 Å². The Hall–Kier alpha value is -1.29. The van der Waals surface area contributed by atoms with Gasteiger partial charge in [0.05, 0.1) is 24.5 Å². The van der Waals surface area contributed by atoms with Crippen molar-refractivity contribution in [1.29, 1.82) is 0 Å². The number of ether oxygens (including phenoxy) is 3. The van der Waals surface area contributed by atoms with Gasteiger partial charge in [-0.25, -0.2) is 0 Å². The Kier molecular flexibility index (Phi) is 11.3. The molecule has 11 heteroatoms. The number of cyclic esters (lactones) is 1. The molecule has 41 heavy (non-hydrogen) atoms. The van der Waals surface area contributed by atoms with Gasteiger partial charge in [0, 0.05) is 18.8 Å². The molecule has 1 heterocycles. The van der Waals surface area contributed by atoms with Gasteiger partial charge in [-0.1, -0.05) is 59.8 Å². The van der Waals surface area contributed by atoms with E-state index in [1.54, 1.807) is 0 Å². The van der Waals surface area contributed by atoms with Gasteiger partial charge in [-0.3, -0.25) is 14.2 Å². The maximum atomic E-state index is 12.9. The smallest absolute Gasteiger partial charge is 0.351 e. The maximum absolute atomic E-state index is 12.9. The number of hydrogen-bond donors (Lipinski definition) is 2. The lowest BCUT2D eigenvalue weighted by Gasteiger charge is -2.44. The second-order valence-electron chi connectivity index (χ2n) is 13.7. The van der Waals surface area contributed by atoms with Crippen molar-refractivity contribution in [3.05, 3.63) is 23.8 Å². The lowest BCUT2D eigenvalue weighted by molar-refractivity contribution is -0.162. The van der Waals surface area contributed by atoms with Gasteiger partial charge in [0.1, 0.15) is 18.6 Å². The van der Waals surface area contributed by atoms with Crippen LogP contribution in [0.1, 0.15) is 80.1 Å². The van der Waals surface area contributed by atoms with Crippen LogP contribution in [0.25, 0.3) is 0 Å². The number of rotatable bonds is 11. The van der Waals surface area contributed by atoms with E-state index < -0.39 is 34.5 Å². The first-order valence-corrected chi connectivity index (χ1v) is 19.7. The Morgan fingerprint density at radius 1 is 1.22 bits per heavy atom. The van der Waals surface area contributed by atoms with Crippen molar-refractivity contribution in [3.8, 4) is 0 Å². The molecule has 2 aliphatic carbocycles. The van der Waals surface area contributed by atoms with Crippen LogP contribution in [0.15, 0.2) is 23.8 Å². The van der Waals surface area contributed by atoms with Gasteiger partial charge in [0.2, 0.25) is 0 Å². The Bertz CT molecular complexity index is 1040. The number of hydrogen-bond acceptors (Lipinski definition) is 7. The number of esters is 2. The molecule has 0 aromatic rings. The molecule has 0 aromatic carbocycles. The standard InChI is InChI=1S/C30H51O9PSi/c1-9-19(2)29(32)38-26-16-23(36-18-40(33,34)35)14-21-11-10-20(3)25(28(21)26)13-12-22-15-24(17-27(31)37-22)39-41(7,8)30(4,5)6/h10-11,14,19-20,22-26,28H,9,12-13,15-18H2,1-8H3,(H2,33,34,35)/t19-,20-,22+,23+,24+,25-,26-,28-/m0/s1. The molecule has 0 aromatic heterocycles. The van der Waals surface area contributed by atoms with Gasteiger partial charge in [-0.2, -0.15) is 0 Å². The summed E-state index contributed by atoms with van der Waals surface area (Å²) in [6.07, 6.45) is 7.31. The molecule has 1 aliphatic heterocycles. The van der Waals surface area contributed by atoms with E-state index in [4.69, 9.17) is 18.6 Å². The van der Waals surface area contributed by atoms with Gasteiger partial charge in [0.15, 0.2) is 8.32 Å². The molecule has 0 saturated carbocycles. The van der Waals surface area contributed by atoms with Gasteiger partial charge < -0.3 is 28.4 Å². The average molecular weight is 615 g/mol. The third-order valence-electron chi connectivity index (χ3n) is 9.40. The van der Waals surface area contributed by atoms with Crippen molar-refractivity contribution < 1.29 is 42.6 Å². The Morgan fingerprint density at radius 3 is 2.51 bits per heavy atom. The van der Waals surface area contributed by atoms with E-state index in [1.165, 1.54) is 0 Å². The first kappa shape index (κ1) is 34.2. The fraction of sp³-hybridized carbons (Fsp3) is 0.800. The van der Waals surface area contributed by atoms with E-state index in [-0.39, 0.29) is 59.3 Å². The summed E-state index contributed by atoms with van der Waals surface area (Å²) in [6.45, 7) is 16.9. The highest BCUT2D eigenvalue weighted by molar-refractivity contribution is 7.51. The molecule has 3 rings (SSSR count). The van der Waals surface area contributed by atoms with Crippen LogP contribution in [0.5, 0.6) is 0 Å². The second kappa shape index (κ2) is 13.6. The quantitative estimate of drug-likeness (QED) is 0.161. The summed E-state index contributed by atoms with van der Waals surface area (Å²) >= 11 is 0. The van der Waals surface area contributed by atoms with Crippen LogP contribution in [-0.4, -0.2) is 60.8 Å². The van der Waals surface area contributed by atoms with Crippen LogP contribution in [0, 0.1) is 23.7 Å². The predicted octanol–water partition coefficient (Wildman–Crippen LogP) is 6.11. The highest BCUT2D eigenvalue weighted by Crippen LogP contribution is 2.46. The first-order valence-electron chi connectivity index (χ1n) is 15.0. The van der Waals surface area contributed by atoms with Crippen LogP contribution >= 0.6 is 7.60 Å². The molecule has 1 fully saturated rings. The summed E-state index contributed by atoms with van der Waals surface area (Å²) in [6, 6.07) is 0. The summed E-state index contributed by atoms with van der Waals surface area (Å²) in [7, 11) is -6.38. The zero-order valence-electron chi connectivity index (χ0n) is 26.0. The molecule has 0 unspecified atom stereocenters. The third-order valence-corrected chi connectivity index (χ3v) is 14.4. The minimum atomic E-state index is -4.34. The largest absolute Gasteiger partial charge is 0.462 e. The molecule has 0 radical (unpaired) electrons. The fourth-order valence-corrected chi connectivity index (χ4v) is 7.55. The SMILES string of the molecule is CC[C@H](C)C(=O)O[C@H]1C[C@H](OCP(=O)(O)O)C=C2C=C[C@H](C)[C@H](CC[C@@H]3C[C@@H](O[Si](C)(C)C(C)(C)C)CC(=O)O3)[C@H]21. The Morgan fingerprint density at radius 2 is 1.90 bits per heavy atom. The summed E-state index contributed by atoms with van der Waals surface area (Å²) in [5.74, 6) is -0.507. The lowest BCUT2D eigenvalue weighted by atomic mass is 9.66. The minimum absolute atomic E-state index is 0.0476. The van der Waals surface area contributed by atoms with Crippen molar-refractivity contribution in [2.24, 2.45) is 23.7 Å². The minimum Gasteiger partial charge on any atom is -0.462 e. The van der Waals surface area contributed by atoms with Crippen molar-refractivity contribution >= 4 is 27.9 Å². The van der Waals surface area contributed by atoms with Gasteiger partial charge in [-0.05, 0) is 54.8 Å². The van der Waals surface area contributed by atoms with Crippen LogP contribution in [-0.2, 0) is 32.8 Å². The monoisotopic (exact) mass is 614 g/mol. The molecule has 9 nitrogen and oxygen atoms in total. The molecule has 8 atom stereocenters. The van der Waals surface area contributed by atoms with E-state index in [9.17, 15) is 23.9 Å². The zero-order valence-corrected chi connectivity index (χ0v) is 27.9. The predicted molar refractivity (Wildman–Crippen MR) is 160 cm³/mol. The number of carbonyl (C=O) groups is 2. The normalized spacial score (nSPS) is 31.6. The Labute approximate surface area is 246 Å². The highest BCUT2D eigenvalue weighted by Gasteiger charge is 2.45. The van der Waals surface area contributed by atoms with Gasteiger partial charge >= 0.3 is 19.5 Å². The topological polar surface area (TPSA) is 129 Å². The molecule has 0 spiro atoms. The molecule has 0 amide bonds. The van der Waals surface area contributed by atoms with Crippen molar-refractivity contribution in [3.63, 3.8) is 0 Å². The Balaban J connectivity index is 1.77.